The number of nitrogens with one attached hydrogen (secondary N) is 2. The standard InChI is InChI=1S/C17H32N4OS.HI/c1-5-6-11-22-12-8-10-19-17(18-2)20-14-15(21(3)4)16-9-7-13-23-16;/h7,9,13,15H,5-6,8,10-12,14H2,1-4H3,(H2,18,19,20);1H. The summed E-state index contributed by atoms with van der Waals surface area (Å²) < 4.78 is 5.56. The predicted molar refractivity (Wildman–Crippen MR) is 116 cm³/mol. The highest BCUT2D eigenvalue weighted by atomic mass is 127. The second-order valence-corrected chi connectivity index (χ2v) is 6.67. The quantitative estimate of drug-likeness (QED) is 0.226. The zero-order valence-electron chi connectivity index (χ0n) is 15.4. The van der Waals surface area contributed by atoms with E-state index in [-0.39, 0.29) is 24.0 Å². The lowest BCUT2D eigenvalue weighted by atomic mass is 10.2. The van der Waals surface area contributed by atoms with Gasteiger partial charge in [0.25, 0.3) is 0 Å². The Balaban J connectivity index is 0.00000529. The maximum absolute atomic E-state index is 5.56. The van der Waals surface area contributed by atoms with Crippen LogP contribution >= 0.6 is 35.3 Å². The fourth-order valence-corrected chi connectivity index (χ4v) is 3.08. The van der Waals surface area contributed by atoms with E-state index in [1.807, 2.05) is 7.05 Å². The lowest BCUT2D eigenvalue weighted by molar-refractivity contribution is 0.129. The maximum Gasteiger partial charge on any atom is 0.191 e. The van der Waals surface area contributed by atoms with Crippen LogP contribution in [0.5, 0.6) is 0 Å². The molecular formula is C17H33IN4OS. The fourth-order valence-electron chi connectivity index (χ4n) is 2.16. The van der Waals surface area contributed by atoms with Crippen LogP contribution < -0.4 is 10.6 Å². The van der Waals surface area contributed by atoms with E-state index < -0.39 is 0 Å². The monoisotopic (exact) mass is 468 g/mol. The number of rotatable bonds is 11. The predicted octanol–water partition coefficient (Wildman–Crippen LogP) is 3.34. The van der Waals surface area contributed by atoms with E-state index in [0.29, 0.717) is 6.04 Å². The number of nitrogens with zero attached hydrogens (tertiary/aromatic N) is 2. The molecule has 0 spiro atoms. The van der Waals surface area contributed by atoms with Gasteiger partial charge in [0.2, 0.25) is 0 Å². The average Bonchev–Trinajstić information content (AvgIpc) is 3.06. The molecule has 0 aliphatic rings. The zero-order chi connectivity index (χ0) is 16.9. The van der Waals surface area contributed by atoms with Crippen molar-refractivity contribution in [2.75, 3.05) is 47.4 Å². The van der Waals surface area contributed by atoms with Gasteiger partial charge in [0.15, 0.2) is 5.96 Å². The zero-order valence-corrected chi connectivity index (χ0v) is 18.5. The van der Waals surface area contributed by atoms with Gasteiger partial charge in [-0.2, -0.15) is 0 Å². The van der Waals surface area contributed by atoms with Crippen LogP contribution in [0.2, 0.25) is 0 Å². The van der Waals surface area contributed by atoms with Gasteiger partial charge in [-0.15, -0.1) is 35.3 Å². The third kappa shape index (κ3) is 9.80. The van der Waals surface area contributed by atoms with Crippen molar-refractivity contribution in [3.8, 4) is 0 Å². The molecule has 0 radical (unpaired) electrons. The van der Waals surface area contributed by atoms with Crippen molar-refractivity contribution < 1.29 is 4.74 Å². The van der Waals surface area contributed by atoms with E-state index in [4.69, 9.17) is 4.74 Å². The number of ether oxygens (including phenoxy) is 1. The largest absolute Gasteiger partial charge is 0.381 e. The number of hydrogen-bond donors (Lipinski definition) is 2. The van der Waals surface area contributed by atoms with Crippen molar-refractivity contribution in [2.24, 2.45) is 4.99 Å². The summed E-state index contributed by atoms with van der Waals surface area (Å²) in [7, 11) is 6.02. The molecule has 0 aromatic carbocycles. The fraction of sp³-hybridized carbons (Fsp3) is 0.706. The lowest BCUT2D eigenvalue weighted by Crippen LogP contribution is -2.42. The SMILES string of the molecule is CCCCOCCCNC(=NC)NCC(c1cccs1)N(C)C.I. The third-order valence-electron chi connectivity index (χ3n) is 3.58. The molecule has 1 heterocycles. The van der Waals surface area contributed by atoms with Gasteiger partial charge in [0, 0.05) is 38.2 Å². The number of likely N-dealkylation sites (N-methyl/N-ethyl adjacent to an activating group) is 1. The van der Waals surface area contributed by atoms with E-state index in [1.54, 1.807) is 11.3 Å². The summed E-state index contributed by atoms with van der Waals surface area (Å²) in [5.41, 5.74) is 0. The molecule has 7 heteroatoms. The Labute approximate surface area is 168 Å². The molecule has 0 bridgehead atoms. The highest BCUT2D eigenvalue weighted by molar-refractivity contribution is 14.0. The summed E-state index contributed by atoms with van der Waals surface area (Å²) in [5.74, 6) is 0.849. The Morgan fingerprint density at radius 1 is 1.29 bits per heavy atom. The number of unbranched alkanes of at least 4 members (excludes halogenated alkanes) is 1. The van der Waals surface area contributed by atoms with Crippen molar-refractivity contribution >= 4 is 41.3 Å². The highest BCUT2D eigenvalue weighted by Gasteiger charge is 2.15. The van der Waals surface area contributed by atoms with Crippen LogP contribution in [0.15, 0.2) is 22.5 Å². The molecule has 24 heavy (non-hydrogen) atoms. The third-order valence-corrected chi connectivity index (χ3v) is 4.56. The van der Waals surface area contributed by atoms with E-state index in [9.17, 15) is 0 Å². The summed E-state index contributed by atoms with van der Waals surface area (Å²) in [4.78, 5) is 7.88. The van der Waals surface area contributed by atoms with Crippen LogP contribution in [-0.4, -0.2) is 58.3 Å². The molecule has 0 aliphatic heterocycles. The minimum absolute atomic E-state index is 0. The number of halogens is 1. The highest BCUT2D eigenvalue weighted by Crippen LogP contribution is 2.22. The summed E-state index contributed by atoms with van der Waals surface area (Å²) in [5, 5.41) is 8.88. The van der Waals surface area contributed by atoms with Crippen molar-refractivity contribution in [1.29, 1.82) is 0 Å². The molecule has 5 nitrogen and oxygen atoms in total. The van der Waals surface area contributed by atoms with Crippen LogP contribution in [0.25, 0.3) is 0 Å². The second-order valence-electron chi connectivity index (χ2n) is 5.69. The van der Waals surface area contributed by atoms with E-state index in [1.165, 1.54) is 11.3 Å². The molecule has 1 unspecified atom stereocenters. The molecule has 0 amide bonds. The van der Waals surface area contributed by atoms with Crippen molar-refractivity contribution in [2.45, 2.75) is 32.2 Å². The molecule has 0 saturated heterocycles. The van der Waals surface area contributed by atoms with Crippen molar-refractivity contribution in [1.82, 2.24) is 15.5 Å². The van der Waals surface area contributed by atoms with Gasteiger partial charge in [-0.1, -0.05) is 19.4 Å². The Kier molecular flexibility index (Phi) is 14.7. The molecule has 0 aliphatic carbocycles. The minimum Gasteiger partial charge on any atom is -0.381 e. The van der Waals surface area contributed by atoms with Gasteiger partial charge in [-0.25, -0.2) is 0 Å². The Hall–Kier alpha value is -0.380. The maximum atomic E-state index is 5.56. The van der Waals surface area contributed by atoms with Crippen LogP contribution in [0.3, 0.4) is 0 Å². The molecule has 140 valence electrons. The second kappa shape index (κ2) is 14.9. The Morgan fingerprint density at radius 2 is 2.04 bits per heavy atom. The first-order valence-corrected chi connectivity index (χ1v) is 9.29. The van der Waals surface area contributed by atoms with Gasteiger partial charge >= 0.3 is 0 Å². The summed E-state index contributed by atoms with van der Waals surface area (Å²) >= 11 is 1.79. The van der Waals surface area contributed by atoms with Crippen molar-refractivity contribution in [3.63, 3.8) is 0 Å². The summed E-state index contributed by atoms with van der Waals surface area (Å²) in [6, 6.07) is 4.63. The number of thiophene rings is 1. The number of hydrogen-bond acceptors (Lipinski definition) is 4. The minimum atomic E-state index is 0. The smallest absolute Gasteiger partial charge is 0.191 e. The van der Waals surface area contributed by atoms with E-state index in [2.05, 4.69) is 59.1 Å². The first kappa shape index (κ1) is 23.6. The first-order valence-electron chi connectivity index (χ1n) is 8.41. The molecular weight excluding hydrogens is 435 g/mol. The Bertz CT molecular complexity index is 426. The normalized spacial score (nSPS) is 12.8. The molecule has 1 atom stereocenters. The van der Waals surface area contributed by atoms with Gasteiger partial charge in [-0.05, 0) is 38.4 Å². The lowest BCUT2D eigenvalue weighted by Gasteiger charge is -2.24. The van der Waals surface area contributed by atoms with Gasteiger partial charge in [-0.3, -0.25) is 4.99 Å². The van der Waals surface area contributed by atoms with Crippen LogP contribution in [0.1, 0.15) is 37.1 Å². The van der Waals surface area contributed by atoms with E-state index in [0.717, 1.165) is 45.1 Å². The van der Waals surface area contributed by atoms with Crippen LogP contribution in [-0.2, 0) is 4.74 Å². The number of aliphatic imine (C=N–C) groups is 1. The van der Waals surface area contributed by atoms with Gasteiger partial charge in [0.1, 0.15) is 0 Å². The summed E-state index contributed by atoms with van der Waals surface area (Å²) in [6.45, 7) is 5.56. The van der Waals surface area contributed by atoms with Crippen LogP contribution in [0.4, 0.5) is 0 Å². The van der Waals surface area contributed by atoms with E-state index >= 15 is 0 Å². The molecule has 1 aromatic rings. The van der Waals surface area contributed by atoms with Crippen molar-refractivity contribution in [3.05, 3.63) is 22.4 Å². The first-order chi connectivity index (χ1) is 11.2. The molecule has 0 saturated carbocycles. The molecule has 1 aromatic heterocycles. The topological polar surface area (TPSA) is 48.9 Å². The van der Waals surface area contributed by atoms with Gasteiger partial charge < -0.3 is 20.3 Å². The van der Waals surface area contributed by atoms with Gasteiger partial charge in [0.05, 0.1) is 6.04 Å². The average molecular weight is 468 g/mol. The molecule has 1 rings (SSSR count). The summed E-state index contributed by atoms with van der Waals surface area (Å²) in [6.07, 6.45) is 3.32. The molecule has 0 fully saturated rings. The number of guanidine groups is 1. The van der Waals surface area contributed by atoms with Crippen LogP contribution in [0, 0.1) is 0 Å². The Morgan fingerprint density at radius 3 is 2.62 bits per heavy atom. The molecule has 2 N–H and O–H groups in total.